The van der Waals surface area contributed by atoms with Crippen molar-refractivity contribution in [2.75, 3.05) is 0 Å². The second-order valence-electron chi connectivity index (χ2n) is 5.34. The van der Waals surface area contributed by atoms with E-state index in [4.69, 9.17) is 0 Å². The predicted octanol–water partition coefficient (Wildman–Crippen LogP) is 4.04. The van der Waals surface area contributed by atoms with Crippen LogP contribution in [0.4, 0.5) is 0 Å². The smallest absolute Gasteiger partial charge is 0.225 e. The van der Waals surface area contributed by atoms with Crippen LogP contribution in [0.15, 0.2) is 59.1 Å². The summed E-state index contributed by atoms with van der Waals surface area (Å²) in [6.07, 6.45) is 0.392. The molecule has 0 spiro atoms. The molecular formula is C17H18BrNO. The van der Waals surface area contributed by atoms with Gasteiger partial charge in [-0.15, -0.1) is 0 Å². The zero-order valence-corrected chi connectivity index (χ0v) is 13.3. The number of hydrogen-bond acceptors (Lipinski definition) is 1. The number of rotatable bonds is 4. The molecule has 20 heavy (non-hydrogen) atoms. The Balaban J connectivity index is 2.02. The lowest BCUT2D eigenvalue weighted by Gasteiger charge is -2.27. The van der Waals surface area contributed by atoms with E-state index in [0.29, 0.717) is 6.42 Å². The van der Waals surface area contributed by atoms with Gasteiger partial charge in [0.1, 0.15) is 0 Å². The SMILES string of the molecule is CC(C)(NC(=O)Cc1ccc(Br)cc1)c1ccccc1. The van der Waals surface area contributed by atoms with Crippen molar-refractivity contribution in [2.24, 2.45) is 0 Å². The van der Waals surface area contributed by atoms with E-state index in [-0.39, 0.29) is 11.4 Å². The zero-order valence-electron chi connectivity index (χ0n) is 11.7. The fourth-order valence-electron chi connectivity index (χ4n) is 2.11. The molecule has 3 heteroatoms. The highest BCUT2D eigenvalue weighted by molar-refractivity contribution is 9.10. The summed E-state index contributed by atoms with van der Waals surface area (Å²) in [6, 6.07) is 17.8. The molecule has 2 aromatic rings. The molecule has 0 fully saturated rings. The van der Waals surface area contributed by atoms with Crippen molar-refractivity contribution in [1.29, 1.82) is 0 Å². The van der Waals surface area contributed by atoms with Gasteiger partial charge in [-0.1, -0.05) is 58.4 Å². The highest BCUT2D eigenvalue weighted by Crippen LogP contribution is 2.19. The van der Waals surface area contributed by atoms with Gasteiger partial charge in [0.05, 0.1) is 12.0 Å². The average Bonchev–Trinajstić information content (AvgIpc) is 2.42. The topological polar surface area (TPSA) is 29.1 Å². The van der Waals surface area contributed by atoms with Gasteiger partial charge >= 0.3 is 0 Å². The summed E-state index contributed by atoms with van der Waals surface area (Å²) in [5, 5.41) is 3.08. The minimum absolute atomic E-state index is 0.0289. The maximum atomic E-state index is 12.2. The van der Waals surface area contributed by atoms with E-state index in [1.165, 1.54) is 0 Å². The van der Waals surface area contributed by atoms with Gasteiger partial charge in [0.15, 0.2) is 0 Å². The molecule has 0 unspecified atom stereocenters. The largest absolute Gasteiger partial charge is 0.347 e. The molecule has 2 nitrogen and oxygen atoms in total. The third kappa shape index (κ3) is 3.94. The van der Waals surface area contributed by atoms with Gasteiger partial charge in [-0.25, -0.2) is 0 Å². The van der Waals surface area contributed by atoms with Crippen LogP contribution in [-0.4, -0.2) is 5.91 Å². The molecule has 2 aromatic carbocycles. The summed E-state index contributed by atoms with van der Waals surface area (Å²) in [7, 11) is 0. The van der Waals surface area contributed by atoms with E-state index in [1.54, 1.807) is 0 Å². The zero-order chi connectivity index (χ0) is 14.6. The van der Waals surface area contributed by atoms with Crippen LogP contribution in [0.5, 0.6) is 0 Å². The maximum absolute atomic E-state index is 12.2. The molecule has 2 rings (SSSR count). The summed E-state index contributed by atoms with van der Waals surface area (Å²) in [6.45, 7) is 4.03. The number of benzene rings is 2. The van der Waals surface area contributed by atoms with E-state index < -0.39 is 0 Å². The van der Waals surface area contributed by atoms with E-state index in [0.717, 1.165) is 15.6 Å². The third-order valence-corrected chi connectivity index (χ3v) is 3.75. The molecule has 0 heterocycles. The molecule has 0 bridgehead atoms. The van der Waals surface area contributed by atoms with Gasteiger partial charge in [0.2, 0.25) is 5.91 Å². The molecule has 0 atom stereocenters. The van der Waals surface area contributed by atoms with Crippen molar-refractivity contribution < 1.29 is 4.79 Å². The van der Waals surface area contributed by atoms with Gasteiger partial charge in [-0.3, -0.25) is 4.79 Å². The van der Waals surface area contributed by atoms with Gasteiger partial charge in [0, 0.05) is 4.47 Å². The van der Waals surface area contributed by atoms with E-state index >= 15 is 0 Å². The first-order chi connectivity index (χ1) is 9.47. The highest BCUT2D eigenvalue weighted by atomic mass is 79.9. The first kappa shape index (κ1) is 14.8. The first-order valence-corrected chi connectivity index (χ1v) is 7.38. The number of amides is 1. The Morgan fingerprint density at radius 1 is 1.05 bits per heavy atom. The van der Waals surface area contributed by atoms with Crippen LogP contribution in [0.3, 0.4) is 0 Å². The van der Waals surface area contributed by atoms with Gasteiger partial charge < -0.3 is 5.32 Å². The Morgan fingerprint density at radius 3 is 2.25 bits per heavy atom. The standard InChI is InChI=1S/C17H18BrNO/c1-17(2,14-6-4-3-5-7-14)19-16(20)12-13-8-10-15(18)11-9-13/h3-11H,12H2,1-2H3,(H,19,20). The molecule has 0 saturated heterocycles. The van der Waals surface area contributed by atoms with Crippen molar-refractivity contribution in [3.8, 4) is 0 Å². The number of hydrogen-bond donors (Lipinski definition) is 1. The van der Waals surface area contributed by atoms with Crippen LogP contribution < -0.4 is 5.32 Å². The molecule has 0 aliphatic rings. The van der Waals surface area contributed by atoms with Crippen molar-refractivity contribution in [3.63, 3.8) is 0 Å². The van der Waals surface area contributed by atoms with Gasteiger partial charge in [-0.2, -0.15) is 0 Å². The Kier molecular flexibility index (Phi) is 4.61. The second-order valence-corrected chi connectivity index (χ2v) is 6.26. The number of halogens is 1. The molecule has 0 aliphatic carbocycles. The second kappa shape index (κ2) is 6.23. The molecule has 0 aromatic heterocycles. The highest BCUT2D eigenvalue weighted by Gasteiger charge is 2.22. The van der Waals surface area contributed by atoms with Gasteiger partial charge in [-0.05, 0) is 37.1 Å². The number of carbonyl (C=O) groups is 1. The van der Waals surface area contributed by atoms with Crippen LogP contribution in [0, 0.1) is 0 Å². The summed E-state index contributed by atoms with van der Waals surface area (Å²) < 4.78 is 1.02. The summed E-state index contributed by atoms with van der Waals surface area (Å²) in [4.78, 5) is 12.2. The Labute approximate surface area is 128 Å². The van der Waals surface area contributed by atoms with Crippen molar-refractivity contribution >= 4 is 21.8 Å². The van der Waals surface area contributed by atoms with Crippen molar-refractivity contribution in [2.45, 2.75) is 25.8 Å². The normalized spacial score (nSPS) is 11.2. The third-order valence-electron chi connectivity index (χ3n) is 3.23. The predicted molar refractivity (Wildman–Crippen MR) is 85.5 cm³/mol. The number of nitrogens with one attached hydrogen (secondary N) is 1. The molecule has 0 saturated carbocycles. The summed E-state index contributed by atoms with van der Waals surface area (Å²) in [5.74, 6) is 0.0289. The number of carbonyl (C=O) groups excluding carboxylic acids is 1. The molecule has 0 radical (unpaired) electrons. The van der Waals surface area contributed by atoms with Gasteiger partial charge in [0.25, 0.3) is 0 Å². The Hall–Kier alpha value is -1.61. The van der Waals surface area contributed by atoms with Crippen molar-refractivity contribution in [3.05, 3.63) is 70.2 Å². The average molecular weight is 332 g/mol. The first-order valence-electron chi connectivity index (χ1n) is 6.58. The lowest BCUT2D eigenvalue weighted by molar-refractivity contribution is -0.122. The minimum atomic E-state index is -0.367. The molecule has 1 amide bonds. The summed E-state index contributed by atoms with van der Waals surface area (Å²) >= 11 is 3.39. The Morgan fingerprint density at radius 2 is 1.65 bits per heavy atom. The summed E-state index contributed by atoms with van der Waals surface area (Å²) in [5.41, 5.74) is 1.74. The van der Waals surface area contributed by atoms with Crippen LogP contribution in [-0.2, 0) is 16.8 Å². The fourth-order valence-corrected chi connectivity index (χ4v) is 2.37. The molecule has 104 valence electrons. The lowest BCUT2D eigenvalue weighted by Crippen LogP contribution is -2.41. The monoisotopic (exact) mass is 331 g/mol. The maximum Gasteiger partial charge on any atom is 0.225 e. The van der Waals surface area contributed by atoms with Crippen LogP contribution in [0.25, 0.3) is 0 Å². The van der Waals surface area contributed by atoms with E-state index in [2.05, 4.69) is 21.2 Å². The molecule has 1 N–H and O–H groups in total. The fraction of sp³-hybridized carbons (Fsp3) is 0.235. The minimum Gasteiger partial charge on any atom is -0.347 e. The van der Waals surface area contributed by atoms with Crippen LogP contribution in [0.1, 0.15) is 25.0 Å². The van der Waals surface area contributed by atoms with Crippen LogP contribution >= 0.6 is 15.9 Å². The molecular weight excluding hydrogens is 314 g/mol. The Bertz CT molecular complexity index is 576. The van der Waals surface area contributed by atoms with Crippen molar-refractivity contribution in [1.82, 2.24) is 5.32 Å². The van der Waals surface area contributed by atoms with E-state index in [9.17, 15) is 4.79 Å². The lowest BCUT2D eigenvalue weighted by atomic mass is 9.94. The van der Waals surface area contributed by atoms with E-state index in [1.807, 2.05) is 68.4 Å². The van der Waals surface area contributed by atoms with Crippen LogP contribution in [0.2, 0.25) is 0 Å². The quantitative estimate of drug-likeness (QED) is 0.899. The molecule has 0 aliphatic heterocycles.